The monoisotopic (exact) mass is 141 g/mol. The number of hydrogen-bond donors (Lipinski definition) is 1. The third-order valence-electron chi connectivity index (χ3n) is 1.45. The van der Waals surface area contributed by atoms with Crippen LogP contribution in [0.1, 0.15) is 32.6 Å². The zero-order valence-corrected chi connectivity index (χ0v) is 7.19. The molecule has 0 radical (unpaired) electrons. The Bertz CT molecular complexity index is 66.8. The Balaban J connectivity index is 2.89. The first-order chi connectivity index (χ1) is 4.91. The molecule has 1 N–H and O–H groups in total. The first-order valence-corrected chi connectivity index (χ1v) is 4.21. The van der Waals surface area contributed by atoms with Crippen molar-refractivity contribution in [3.8, 4) is 0 Å². The summed E-state index contributed by atoms with van der Waals surface area (Å²) in [6.07, 6.45) is 9.58. The van der Waals surface area contributed by atoms with Crippen molar-refractivity contribution in [3.63, 3.8) is 0 Å². The minimum Gasteiger partial charge on any atom is -0.319 e. The van der Waals surface area contributed by atoms with Crippen LogP contribution in [0.2, 0.25) is 0 Å². The molecular formula is C9H19N. The summed E-state index contributed by atoms with van der Waals surface area (Å²) >= 11 is 0. The lowest BCUT2D eigenvalue weighted by Gasteiger charge is -1.91. The van der Waals surface area contributed by atoms with Crippen LogP contribution in [0.3, 0.4) is 0 Å². The number of hydrogen-bond acceptors (Lipinski definition) is 1. The van der Waals surface area contributed by atoms with Gasteiger partial charge in [-0.1, -0.05) is 31.9 Å². The highest BCUT2D eigenvalue weighted by atomic mass is 14.8. The van der Waals surface area contributed by atoms with Gasteiger partial charge in [-0.2, -0.15) is 0 Å². The van der Waals surface area contributed by atoms with E-state index in [1.54, 1.807) is 0 Å². The molecule has 0 aliphatic heterocycles. The molecule has 0 aromatic rings. The van der Waals surface area contributed by atoms with Crippen molar-refractivity contribution in [2.24, 2.45) is 0 Å². The molecule has 10 heavy (non-hydrogen) atoms. The quantitative estimate of drug-likeness (QED) is 0.442. The van der Waals surface area contributed by atoms with E-state index in [1.807, 2.05) is 7.05 Å². The molecule has 0 bridgehead atoms. The second-order valence-electron chi connectivity index (χ2n) is 2.51. The van der Waals surface area contributed by atoms with Crippen molar-refractivity contribution in [2.75, 3.05) is 13.6 Å². The summed E-state index contributed by atoms with van der Waals surface area (Å²) in [7, 11) is 1.99. The molecule has 0 unspecified atom stereocenters. The molecule has 0 fully saturated rings. The molecule has 0 atom stereocenters. The summed E-state index contributed by atoms with van der Waals surface area (Å²) in [4.78, 5) is 0. The molecule has 0 aromatic heterocycles. The molecule has 1 nitrogen and oxygen atoms in total. The molecule has 0 aliphatic carbocycles. The van der Waals surface area contributed by atoms with Crippen LogP contribution in [-0.4, -0.2) is 13.6 Å². The van der Waals surface area contributed by atoms with E-state index in [0.717, 1.165) is 6.54 Å². The summed E-state index contributed by atoms with van der Waals surface area (Å²) in [6, 6.07) is 0. The van der Waals surface area contributed by atoms with Crippen LogP contribution in [0.4, 0.5) is 0 Å². The average molecular weight is 141 g/mol. The third kappa shape index (κ3) is 7.70. The van der Waals surface area contributed by atoms with Crippen LogP contribution < -0.4 is 5.32 Å². The third-order valence-corrected chi connectivity index (χ3v) is 1.45. The minimum absolute atomic E-state index is 1.10. The van der Waals surface area contributed by atoms with Gasteiger partial charge in [-0.15, -0.1) is 0 Å². The Morgan fingerprint density at radius 2 is 1.90 bits per heavy atom. The predicted molar refractivity (Wildman–Crippen MR) is 47.2 cm³/mol. The summed E-state index contributed by atoms with van der Waals surface area (Å²) in [5, 5.41) is 3.11. The number of rotatable bonds is 6. The minimum atomic E-state index is 1.10. The number of unbranched alkanes of at least 4 members (excludes halogenated alkanes) is 2. The Labute approximate surface area is 64.5 Å². The fourth-order valence-corrected chi connectivity index (χ4v) is 0.785. The van der Waals surface area contributed by atoms with Gasteiger partial charge in [0.25, 0.3) is 0 Å². The zero-order chi connectivity index (χ0) is 7.66. The highest BCUT2D eigenvalue weighted by Gasteiger charge is 1.78. The molecule has 60 valence electrons. The molecule has 0 saturated carbocycles. The smallest absolute Gasteiger partial charge is 0.00173 e. The van der Waals surface area contributed by atoms with Gasteiger partial charge in [0.2, 0.25) is 0 Å². The van der Waals surface area contributed by atoms with Gasteiger partial charge in [-0.05, 0) is 26.4 Å². The summed E-state index contributed by atoms with van der Waals surface area (Å²) in [6.45, 7) is 3.32. The number of nitrogens with one attached hydrogen (secondary N) is 1. The van der Waals surface area contributed by atoms with E-state index in [4.69, 9.17) is 0 Å². The maximum atomic E-state index is 3.11. The largest absolute Gasteiger partial charge is 0.319 e. The lowest BCUT2D eigenvalue weighted by molar-refractivity contribution is 0.791. The van der Waals surface area contributed by atoms with E-state index in [9.17, 15) is 0 Å². The normalized spacial score (nSPS) is 11.0. The van der Waals surface area contributed by atoms with Gasteiger partial charge in [0, 0.05) is 0 Å². The molecule has 0 aromatic carbocycles. The predicted octanol–water partition coefficient (Wildman–Crippen LogP) is 2.34. The standard InChI is InChI=1S/C9H19N/c1-3-4-5-6-7-8-9-10-2/h6-7,10H,3-5,8-9H2,1-2H3/b7-6+. The van der Waals surface area contributed by atoms with Crippen molar-refractivity contribution in [1.29, 1.82) is 0 Å². The van der Waals surface area contributed by atoms with Crippen LogP contribution in [0.25, 0.3) is 0 Å². The van der Waals surface area contributed by atoms with Crippen molar-refractivity contribution in [1.82, 2.24) is 5.32 Å². The lowest BCUT2D eigenvalue weighted by atomic mass is 10.2. The van der Waals surface area contributed by atoms with E-state index in [0.29, 0.717) is 0 Å². The summed E-state index contributed by atoms with van der Waals surface area (Å²) in [5.41, 5.74) is 0. The van der Waals surface area contributed by atoms with Gasteiger partial charge >= 0.3 is 0 Å². The van der Waals surface area contributed by atoms with E-state index in [1.165, 1.54) is 25.7 Å². The van der Waals surface area contributed by atoms with Gasteiger partial charge in [0.1, 0.15) is 0 Å². The molecule has 0 aliphatic rings. The maximum Gasteiger partial charge on any atom is -0.00173 e. The fraction of sp³-hybridized carbons (Fsp3) is 0.778. The van der Waals surface area contributed by atoms with Crippen molar-refractivity contribution < 1.29 is 0 Å². The Kier molecular flexibility index (Phi) is 8.44. The molecule has 1 heteroatoms. The van der Waals surface area contributed by atoms with Crippen molar-refractivity contribution in [2.45, 2.75) is 32.6 Å². The van der Waals surface area contributed by atoms with Crippen molar-refractivity contribution >= 4 is 0 Å². The second-order valence-corrected chi connectivity index (χ2v) is 2.51. The fourth-order valence-electron chi connectivity index (χ4n) is 0.785. The molecule has 0 saturated heterocycles. The van der Waals surface area contributed by atoms with Crippen LogP contribution in [-0.2, 0) is 0 Å². The van der Waals surface area contributed by atoms with Crippen LogP contribution in [0, 0.1) is 0 Å². The van der Waals surface area contributed by atoms with Crippen LogP contribution in [0.5, 0.6) is 0 Å². The molecule has 0 rings (SSSR count). The SMILES string of the molecule is CCCC/C=C/CCNC. The van der Waals surface area contributed by atoms with E-state index < -0.39 is 0 Å². The number of allylic oxidation sites excluding steroid dienone is 1. The molecule has 0 heterocycles. The van der Waals surface area contributed by atoms with Crippen LogP contribution in [0.15, 0.2) is 12.2 Å². The van der Waals surface area contributed by atoms with Gasteiger partial charge in [-0.3, -0.25) is 0 Å². The molecule has 0 amide bonds. The maximum absolute atomic E-state index is 3.11. The van der Waals surface area contributed by atoms with Gasteiger partial charge in [0.15, 0.2) is 0 Å². The van der Waals surface area contributed by atoms with Gasteiger partial charge in [-0.25, -0.2) is 0 Å². The average Bonchev–Trinajstić information content (AvgIpc) is 1.97. The van der Waals surface area contributed by atoms with Crippen LogP contribution >= 0.6 is 0 Å². The molecular weight excluding hydrogens is 122 g/mol. The van der Waals surface area contributed by atoms with E-state index in [-0.39, 0.29) is 0 Å². The molecule has 0 spiro atoms. The van der Waals surface area contributed by atoms with Crippen molar-refractivity contribution in [3.05, 3.63) is 12.2 Å². The van der Waals surface area contributed by atoms with Gasteiger partial charge < -0.3 is 5.32 Å². The zero-order valence-electron chi connectivity index (χ0n) is 7.19. The first kappa shape index (κ1) is 9.70. The topological polar surface area (TPSA) is 12.0 Å². The summed E-state index contributed by atoms with van der Waals surface area (Å²) in [5.74, 6) is 0. The Morgan fingerprint density at radius 3 is 2.50 bits per heavy atom. The second kappa shape index (κ2) is 8.70. The van der Waals surface area contributed by atoms with E-state index in [2.05, 4.69) is 24.4 Å². The van der Waals surface area contributed by atoms with Gasteiger partial charge in [0.05, 0.1) is 0 Å². The highest BCUT2D eigenvalue weighted by molar-refractivity contribution is 4.81. The highest BCUT2D eigenvalue weighted by Crippen LogP contribution is 1.95. The Hall–Kier alpha value is -0.300. The first-order valence-electron chi connectivity index (χ1n) is 4.21. The van der Waals surface area contributed by atoms with E-state index >= 15 is 0 Å². The Morgan fingerprint density at radius 1 is 1.20 bits per heavy atom. The summed E-state index contributed by atoms with van der Waals surface area (Å²) < 4.78 is 0. The lowest BCUT2D eigenvalue weighted by Crippen LogP contribution is -2.05.